The molecule has 0 saturated heterocycles. The standard InChI is InChI=1S/C14H15ClN2O2/c1-17(7-6-13(18)19)9-11-8-10-4-2-3-5-12(10)16-14(11)15/h2-5,8H,6-7,9H2,1H3,(H,18,19). The fourth-order valence-electron chi connectivity index (χ4n) is 1.90. The number of rotatable bonds is 5. The van der Waals surface area contributed by atoms with E-state index >= 15 is 0 Å². The second-order valence-corrected chi connectivity index (χ2v) is 4.87. The van der Waals surface area contributed by atoms with Gasteiger partial charge in [0.2, 0.25) is 0 Å². The Morgan fingerprint density at radius 1 is 1.42 bits per heavy atom. The second kappa shape index (κ2) is 5.99. The lowest BCUT2D eigenvalue weighted by Gasteiger charge is -2.16. The lowest BCUT2D eigenvalue weighted by Crippen LogP contribution is -2.21. The highest BCUT2D eigenvalue weighted by atomic mass is 35.5. The maximum Gasteiger partial charge on any atom is 0.304 e. The average molecular weight is 279 g/mol. The Hall–Kier alpha value is -1.65. The SMILES string of the molecule is CN(CCC(=O)O)Cc1cc2ccccc2nc1Cl. The second-order valence-electron chi connectivity index (χ2n) is 4.51. The molecular weight excluding hydrogens is 264 g/mol. The third-order valence-corrected chi connectivity index (χ3v) is 3.22. The van der Waals surface area contributed by atoms with Crippen molar-refractivity contribution in [3.05, 3.63) is 41.0 Å². The molecule has 0 amide bonds. The van der Waals surface area contributed by atoms with E-state index in [1.54, 1.807) is 0 Å². The van der Waals surface area contributed by atoms with Crippen LogP contribution in [0.4, 0.5) is 0 Å². The molecule has 0 aliphatic rings. The maximum absolute atomic E-state index is 10.5. The van der Waals surface area contributed by atoms with Crippen molar-refractivity contribution in [2.45, 2.75) is 13.0 Å². The number of para-hydroxylation sites is 1. The fraction of sp³-hybridized carbons (Fsp3) is 0.286. The van der Waals surface area contributed by atoms with Gasteiger partial charge in [0.1, 0.15) is 5.15 Å². The van der Waals surface area contributed by atoms with Gasteiger partial charge in [-0.3, -0.25) is 4.79 Å². The Bertz CT molecular complexity index is 601. The average Bonchev–Trinajstić information content (AvgIpc) is 2.37. The molecule has 0 aliphatic heterocycles. The summed E-state index contributed by atoms with van der Waals surface area (Å²) in [6.07, 6.45) is 0.120. The van der Waals surface area contributed by atoms with Crippen LogP contribution >= 0.6 is 11.6 Å². The first-order chi connectivity index (χ1) is 9.06. The van der Waals surface area contributed by atoms with Crippen LogP contribution < -0.4 is 0 Å². The van der Waals surface area contributed by atoms with Crippen LogP contribution in [0.5, 0.6) is 0 Å². The predicted molar refractivity (Wildman–Crippen MR) is 75.3 cm³/mol. The van der Waals surface area contributed by atoms with Crippen molar-refractivity contribution in [2.24, 2.45) is 0 Å². The van der Waals surface area contributed by atoms with Crippen molar-refractivity contribution < 1.29 is 9.90 Å². The highest BCUT2D eigenvalue weighted by Crippen LogP contribution is 2.21. The van der Waals surface area contributed by atoms with E-state index < -0.39 is 5.97 Å². The number of carboxylic acids is 1. The van der Waals surface area contributed by atoms with Crippen LogP contribution in [0.1, 0.15) is 12.0 Å². The van der Waals surface area contributed by atoms with Gasteiger partial charge in [-0.1, -0.05) is 29.8 Å². The number of aliphatic carboxylic acids is 1. The summed E-state index contributed by atoms with van der Waals surface area (Å²) in [4.78, 5) is 16.8. The first kappa shape index (κ1) is 13.8. The van der Waals surface area contributed by atoms with E-state index in [9.17, 15) is 4.79 Å². The Morgan fingerprint density at radius 3 is 2.89 bits per heavy atom. The molecule has 0 bridgehead atoms. The molecule has 1 N–H and O–H groups in total. The summed E-state index contributed by atoms with van der Waals surface area (Å²) in [5.74, 6) is -0.797. The van der Waals surface area contributed by atoms with Gasteiger partial charge < -0.3 is 10.0 Å². The summed E-state index contributed by atoms with van der Waals surface area (Å²) in [5.41, 5.74) is 1.78. The molecule has 100 valence electrons. The first-order valence-electron chi connectivity index (χ1n) is 6.01. The van der Waals surface area contributed by atoms with Crippen LogP contribution in [0.15, 0.2) is 30.3 Å². The number of hydrogen-bond donors (Lipinski definition) is 1. The van der Waals surface area contributed by atoms with Crippen molar-refractivity contribution in [3.8, 4) is 0 Å². The van der Waals surface area contributed by atoms with E-state index in [2.05, 4.69) is 4.98 Å². The minimum Gasteiger partial charge on any atom is -0.481 e. The minimum atomic E-state index is -0.797. The molecular formula is C14H15ClN2O2. The smallest absolute Gasteiger partial charge is 0.304 e. The number of fused-ring (bicyclic) bond motifs is 1. The molecule has 1 aromatic carbocycles. The highest BCUT2D eigenvalue weighted by Gasteiger charge is 2.08. The Kier molecular flexibility index (Phi) is 4.35. The van der Waals surface area contributed by atoms with E-state index in [1.165, 1.54) is 0 Å². The molecule has 5 heteroatoms. The molecule has 0 aliphatic carbocycles. The van der Waals surface area contributed by atoms with Gasteiger partial charge in [0.15, 0.2) is 0 Å². The summed E-state index contributed by atoms with van der Waals surface area (Å²) in [7, 11) is 1.87. The number of halogens is 1. The monoisotopic (exact) mass is 278 g/mol. The zero-order valence-electron chi connectivity index (χ0n) is 10.6. The van der Waals surface area contributed by atoms with E-state index in [-0.39, 0.29) is 6.42 Å². The number of carboxylic acid groups (broad SMARTS) is 1. The number of benzene rings is 1. The summed E-state index contributed by atoms with van der Waals surface area (Å²) < 4.78 is 0. The van der Waals surface area contributed by atoms with Gasteiger partial charge in [0, 0.05) is 24.0 Å². The quantitative estimate of drug-likeness (QED) is 0.855. The summed E-state index contributed by atoms with van der Waals surface area (Å²) in [5, 5.41) is 10.2. The minimum absolute atomic E-state index is 0.120. The van der Waals surface area contributed by atoms with E-state index in [0.29, 0.717) is 18.2 Å². The van der Waals surface area contributed by atoms with Crippen molar-refractivity contribution in [1.29, 1.82) is 0 Å². The third kappa shape index (κ3) is 3.66. The lowest BCUT2D eigenvalue weighted by molar-refractivity contribution is -0.137. The molecule has 0 spiro atoms. The van der Waals surface area contributed by atoms with Gasteiger partial charge in [-0.25, -0.2) is 4.98 Å². The van der Waals surface area contributed by atoms with Gasteiger partial charge >= 0.3 is 5.97 Å². The van der Waals surface area contributed by atoms with E-state index in [0.717, 1.165) is 16.5 Å². The molecule has 0 atom stereocenters. The van der Waals surface area contributed by atoms with Crippen LogP contribution in [0.2, 0.25) is 5.15 Å². The number of pyridine rings is 1. The molecule has 4 nitrogen and oxygen atoms in total. The molecule has 2 aromatic rings. The van der Waals surface area contributed by atoms with Crippen LogP contribution in [0.25, 0.3) is 10.9 Å². The van der Waals surface area contributed by atoms with Crippen molar-refractivity contribution >= 4 is 28.5 Å². The molecule has 0 fully saturated rings. The van der Waals surface area contributed by atoms with Crippen LogP contribution in [-0.2, 0) is 11.3 Å². The van der Waals surface area contributed by atoms with Gasteiger partial charge in [-0.05, 0) is 19.2 Å². The van der Waals surface area contributed by atoms with Crippen LogP contribution in [-0.4, -0.2) is 34.6 Å². The summed E-state index contributed by atoms with van der Waals surface area (Å²) in [6.45, 7) is 1.07. The molecule has 0 unspecified atom stereocenters. The van der Waals surface area contributed by atoms with Gasteiger partial charge in [-0.2, -0.15) is 0 Å². The largest absolute Gasteiger partial charge is 0.481 e. The predicted octanol–water partition coefficient (Wildman–Crippen LogP) is 2.79. The Balaban J connectivity index is 2.15. The fourth-order valence-corrected chi connectivity index (χ4v) is 2.11. The molecule has 0 radical (unpaired) electrons. The van der Waals surface area contributed by atoms with E-state index in [4.69, 9.17) is 16.7 Å². The van der Waals surface area contributed by atoms with Gasteiger partial charge in [0.25, 0.3) is 0 Å². The summed E-state index contributed by atoms with van der Waals surface area (Å²) in [6, 6.07) is 9.78. The number of nitrogens with zero attached hydrogens (tertiary/aromatic N) is 2. The number of aromatic nitrogens is 1. The molecule has 1 aromatic heterocycles. The molecule has 19 heavy (non-hydrogen) atoms. The highest BCUT2D eigenvalue weighted by molar-refractivity contribution is 6.30. The van der Waals surface area contributed by atoms with Crippen molar-refractivity contribution in [2.75, 3.05) is 13.6 Å². The Morgan fingerprint density at radius 2 is 2.16 bits per heavy atom. The van der Waals surface area contributed by atoms with Crippen molar-refractivity contribution in [3.63, 3.8) is 0 Å². The van der Waals surface area contributed by atoms with Gasteiger partial charge in [-0.15, -0.1) is 0 Å². The third-order valence-electron chi connectivity index (χ3n) is 2.90. The first-order valence-corrected chi connectivity index (χ1v) is 6.38. The molecule has 1 heterocycles. The zero-order chi connectivity index (χ0) is 13.8. The summed E-state index contributed by atoms with van der Waals surface area (Å²) >= 11 is 6.16. The van der Waals surface area contributed by atoms with E-state index in [1.807, 2.05) is 42.3 Å². The number of carbonyl (C=O) groups is 1. The van der Waals surface area contributed by atoms with Gasteiger partial charge in [0.05, 0.1) is 11.9 Å². The lowest BCUT2D eigenvalue weighted by atomic mass is 10.1. The van der Waals surface area contributed by atoms with Crippen LogP contribution in [0, 0.1) is 0 Å². The number of hydrogen-bond acceptors (Lipinski definition) is 3. The van der Waals surface area contributed by atoms with Crippen molar-refractivity contribution in [1.82, 2.24) is 9.88 Å². The maximum atomic E-state index is 10.5. The zero-order valence-corrected chi connectivity index (χ0v) is 11.4. The van der Waals surface area contributed by atoms with Crippen LogP contribution in [0.3, 0.4) is 0 Å². The topological polar surface area (TPSA) is 53.4 Å². The molecule has 2 rings (SSSR count). The normalized spacial score (nSPS) is 11.1. The Labute approximate surface area is 116 Å². The molecule has 0 saturated carbocycles.